The third-order valence-electron chi connectivity index (χ3n) is 3.32. The number of aromatic amines is 2. The maximum Gasteiger partial charge on any atom is 0.272 e. The summed E-state index contributed by atoms with van der Waals surface area (Å²) in [6.45, 7) is 1.93. The van der Waals surface area contributed by atoms with Crippen molar-refractivity contribution < 1.29 is 0 Å². The first-order valence-corrected chi connectivity index (χ1v) is 7.15. The molecule has 0 saturated heterocycles. The number of rotatable bonds is 2. The zero-order valence-corrected chi connectivity index (χ0v) is 12.5. The minimum atomic E-state index is -0.367. The van der Waals surface area contributed by atoms with Crippen LogP contribution in [0.2, 0.25) is 0 Å². The molecule has 1 aromatic carbocycles. The third-order valence-corrected chi connectivity index (χ3v) is 3.32. The number of benzene rings is 1. The highest BCUT2D eigenvalue weighted by Crippen LogP contribution is 1.98. The van der Waals surface area contributed by atoms with Crippen molar-refractivity contribution in [3.63, 3.8) is 0 Å². The van der Waals surface area contributed by atoms with E-state index in [1.807, 2.05) is 43.3 Å². The fraction of sp³-hybridized carbons (Fsp3) is 0.105. The van der Waals surface area contributed by atoms with Crippen molar-refractivity contribution in [3.05, 3.63) is 96.9 Å². The van der Waals surface area contributed by atoms with Crippen LogP contribution in [0, 0.1) is 6.92 Å². The molecule has 122 valence electrons. The van der Waals surface area contributed by atoms with Gasteiger partial charge in [-0.1, -0.05) is 43.8 Å². The van der Waals surface area contributed by atoms with Crippen molar-refractivity contribution in [1.82, 2.24) is 15.0 Å². The van der Waals surface area contributed by atoms with Gasteiger partial charge in [0.1, 0.15) is 10.7 Å². The molecule has 3 rings (SSSR count). The Morgan fingerprint density at radius 3 is 2.08 bits per heavy atom. The van der Waals surface area contributed by atoms with E-state index in [0.29, 0.717) is 5.69 Å². The molecule has 0 aliphatic heterocycles. The quantitative estimate of drug-likeness (QED) is 0.741. The number of aryl methyl sites for hydroxylation is 1. The van der Waals surface area contributed by atoms with Gasteiger partial charge in [-0.15, -0.1) is 0 Å². The lowest BCUT2D eigenvalue weighted by Gasteiger charge is -1.95. The molecule has 24 heavy (non-hydrogen) atoms. The average molecular weight is 321 g/mol. The Hall–Kier alpha value is -3.21. The van der Waals surface area contributed by atoms with Gasteiger partial charge in [0.2, 0.25) is 0 Å². The Balaban J connectivity index is 0.00000208. The molecule has 0 fully saturated rings. The van der Waals surface area contributed by atoms with Gasteiger partial charge in [0.05, 0.1) is 5.69 Å². The molecule has 0 unspecified atom stereocenters. The fourth-order valence-corrected chi connectivity index (χ4v) is 2.12. The number of nitrogens with one attached hydrogen (secondary N) is 2. The highest BCUT2D eigenvalue weighted by atomic mass is 16.1. The largest absolute Gasteiger partial charge is 0.316 e. The monoisotopic (exact) mass is 321 g/mol. The highest BCUT2D eigenvalue weighted by Gasteiger charge is 1.97. The van der Waals surface area contributed by atoms with E-state index in [1.54, 1.807) is 24.4 Å². The molecule has 2 aromatic heterocycles. The summed E-state index contributed by atoms with van der Waals surface area (Å²) in [6, 6.07) is 13.0. The van der Waals surface area contributed by atoms with Gasteiger partial charge in [0.25, 0.3) is 11.1 Å². The van der Waals surface area contributed by atoms with Gasteiger partial charge in [-0.3, -0.25) is 14.6 Å². The Morgan fingerprint density at radius 2 is 1.50 bits per heavy atom. The van der Waals surface area contributed by atoms with Crippen LogP contribution in [0.25, 0.3) is 12.2 Å². The Morgan fingerprint density at radius 1 is 0.875 bits per heavy atom. The zero-order chi connectivity index (χ0) is 16.2. The van der Waals surface area contributed by atoms with Gasteiger partial charge in [-0.05, 0) is 36.3 Å². The molecule has 0 aliphatic carbocycles. The summed E-state index contributed by atoms with van der Waals surface area (Å²) in [4.78, 5) is 33.7. The number of hydrogen-bond acceptors (Lipinski definition) is 3. The smallest absolute Gasteiger partial charge is 0.272 e. The van der Waals surface area contributed by atoms with E-state index in [0.717, 1.165) is 11.1 Å². The van der Waals surface area contributed by atoms with Crippen molar-refractivity contribution in [1.29, 1.82) is 0 Å². The van der Waals surface area contributed by atoms with Gasteiger partial charge in [-0.25, -0.2) is 0 Å². The summed E-state index contributed by atoms with van der Waals surface area (Å²) in [5.74, 6) is 0. The maximum absolute atomic E-state index is 12.1. The number of nitrogens with zero attached hydrogens (tertiary/aromatic N) is 1. The fourth-order valence-electron chi connectivity index (χ4n) is 2.12. The lowest BCUT2D eigenvalue weighted by Crippen LogP contribution is -2.46. The van der Waals surface area contributed by atoms with Crippen LogP contribution in [0.15, 0.2) is 58.3 Å². The predicted octanol–water partition coefficient (Wildman–Crippen LogP) is 1.06. The summed E-state index contributed by atoms with van der Waals surface area (Å²) in [5, 5.41) is 0.395. The van der Waals surface area contributed by atoms with Crippen LogP contribution in [0.1, 0.15) is 24.2 Å². The van der Waals surface area contributed by atoms with Crippen LogP contribution < -0.4 is 21.8 Å². The summed E-state index contributed by atoms with van der Waals surface area (Å²) >= 11 is 0. The van der Waals surface area contributed by atoms with Crippen LogP contribution in [0.4, 0.5) is 0 Å². The minimum absolute atomic E-state index is 0. The average Bonchev–Trinajstić information content (AvgIpc) is 2.55. The summed E-state index contributed by atoms with van der Waals surface area (Å²) < 4.78 is 0. The highest BCUT2D eigenvalue weighted by molar-refractivity contribution is 5.47. The topological polar surface area (TPSA) is 78.6 Å². The van der Waals surface area contributed by atoms with Crippen LogP contribution >= 0.6 is 0 Å². The molecule has 0 amide bonds. The second kappa shape index (κ2) is 7.37. The molecule has 2 N–H and O–H groups in total. The molecule has 5 heteroatoms. The third kappa shape index (κ3) is 3.95. The Bertz CT molecular complexity index is 1050. The van der Waals surface area contributed by atoms with Gasteiger partial charge < -0.3 is 9.97 Å². The van der Waals surface area contributed by atoms with Crippen molar-refractivity contribution >= 4 is 12.2 Å². The van der Waals surface area contributed by atoms with E-state index in [4.69, 9.17) is 0 Å². The Kier molecular flexibility index (Phi) is 5.27. The van der Waals surface area contributed by atoms with Gasteiger partial charge in [0, 0.05) is 6.20 Å². The molecule has 0 saturated carbocycles. The number of pyridine rings is 1. The number of hydrogen-bond donors (Lipinski definition) is 2. The maximum atomic E-state index is 12.1. The van der Waals surface area contributed by atoms with Crippen molar-refractivity contribution in [2.24, 2.45) is 0 Å². The van der Waals surface area contributed by atoms with Crippen LogP contribution in [0.5, 0.6) is 0 Å². The van der Waals surface area contributed by atoms with Crippen molar-refractivity contribution in [3.8, 4) is 0 Å². The molecule has 0 bridgehead atoms. The van der Waals surface area contributed by atoms with E-state index in [1.165, 1.54) is 0 Å². The first kappa shape index (κ1) is 17.1. The van der Waals surface area contributed by atoms with Crippen LogP contribution in [-0.2, 0) is 0 Å². The van der Waals surface area contributed by atoms with Gasteiger partial charge in [-0.2, -0.15) is 0 Å². The SMILES string of the molecule is C.Cc1ccc(C=c2[nH]c(=O)c(=Cc3ccccc3)[nH]c2=O)nc1. The summed E-state index contributed by atoms with van der Waals surface area (Å²) in [6.07, 6.45) is 4.88. The summed E-state index contributed by atoms with van der Waals surface area (Å²) in [5.41, 5.74) is 1.75. The van der Waals surface area contributed by atoms with E-state index in [-0.39, 0.29) is 29.2 Å². The van der Waals surface area contributed by atoms with Crippen molar-refractivity contribution in [2.45, 2.75) is 14.4 Å². The first-order chi connectivity index (χ1) is 11.1. The second-order valence-electron chi connectivity index (χ2n) is 5.20. The summed E-state index contributed by atoms with van der Waals surface area (Å²) in [7, 11) is 0. The van der Waals surface area contributed by atoms with Crippen LogP contribution in [0.3, 0.4) is 0 Å². The van der Waals surface area contributed by atoms with Crippen molar-refractivity contribution in [2.75, 3.05) is 0 Å². The molecular formula is C19H19N3O2. The molecule has 0 radical (unpaired) electrons. The second-order valence-corrected chi connectivity index (χ2v) is 5.20. The number of H-pyrrole nitrogens is 2. The molecule has 5 nitrogen and oxygen atoms in total. The normalized spacial score (nSPS) is 12.0. The van der Waals surface area contributed by atoms with E-state index < -0.39 is 0 Å². The van der Waals surface area contributed by atoms with E-state index in [9.17, 15) is 9.59 Å². The predicted molar refractivity (Wildman–Crippen MR) is 96.2 cm³/mol. The van der Waals surface area contributed by atoms with Crippen LogP contribution in [-0.4, -0.2) is 15.0 Å². The first-order valence-electron chi connectivity index (χ1n) is 7.15. The number of aromatic nitrogens is 3. The molecule has 0 atom stereocenters. The lowest BCUT2D eigenvalue weighted by atomic mass is 10.2. The minimum Gasteiger partial charge on any atom is -0.316 e. The van der Waals surface area contributed by atoms with Gasteiger partial charge >= 0.3 is 0 Å². The molecule has 2 heterocycles. The van der Waals surface area contributed by atoms with Gasteiger partial charge in [0.15, 0.2) is 0 Å². The lowest BCUT2D eigenvalue weighted by molar-refractivity contribution is 1.00. The molecule has 0 spiro atoms. The molecular weight excluding hydrogens is 302 g/mol. The zero-order valence-electron chi connectivity index (χ0n) is 12.5. The molecule has 3 aromatic rings. The Labute approximate surface area is 139 Å². The molecule has 0 aliphatic rings. The van der Waals surface area contributed by atoms with E-state index >= 15 is 0 Å². The standard InChI is InChI=1S/C18H15N3O2.CH4/c1-12-7-8-14(19-11-12)10-16-18(23)20-15(17(22)21-16)9-13-5-3-2-4-6-13;/h2-11H,1H3,(H,20,23)(H,21,22);1H4. The van der Waals surface area contributed by atoms with E-state index in [2.05, 4.69) is 15.0 Å².